The molecule has 0 unspecified atom stereocenters. The van der Waals surface area contributed by atoms with Crippen molar-refractivity contribution in [1.29, 1.82) is 0 Å². The Balaban J connectivity index is 1.44. The number of ether oxygens (including phenoxy) is 1. The molecule has 3 atom stereocenters. The molecular formula is C25H39N3O3. The molecule has 1 aromatic rings. The average Bonchev–Trinajstić information content (AvgIpc) is 2.99. The third-order valence-electron chi connectivity index (χ3n) is 7.62. The van der Waals surface area contributed by atoms with E-state index in [1.807, 2.05) is 6.07 Å². The van der Waals surface area contributed by atoms with Gasteiger partial charge in [0.1, 0.15) is 0 Å². The van der Waals surface area contributed by atoms with Crippen LogP contribution in [0.25, 0.3) is 0 Å². The predicted octanol–water partition coefficient (Wildman–Crippen LogP) is 2.16. The van der Waals surface area contributed by atoms with Gasteiger partial charge in [0.25, 0.3) is 0 Å². The Labute approximate surface area is 186 Å². The molecule has 6 heteroatoms. The Morgan fingerprint density at radius 2 is 1.74 bits per heavy atom. The summed E-state index contributed by atoms with van der Waals surface area (Å²) >= 11 is 0. The molecule has 1 aromatic carbocycles. The lowest BCUT2D eigenvalue weighted by molar-refractivity contribution is -0.122. The van der Waals surface area contributed by atoms with Gasteiger partial charge in [0, 0.05) is 31.1 Å². The van der Waals surface area contributed by atoms with Crippen molar-refractivity contribution < 1.29 is 14.6 Å². The van der Waals surface area contributed by atoms with Crippen LogP contribution in [0.2, 0.25) is 0 Å². The van der Waals surface area contributed by atoms with Crippen LogP contribution in [0.4, 0.5) is 0 Å². The van der Waals surface area contributed by atoms with Crippen LogP contribution in [0.1, 0.15) is 50.5 Å². The monoisotopic (exact) mass is 429 g/mol. The van der Waals surface area contributed by atoms with Gasteiger partial charge in [0.05, 0.1) is 25.9 Å². The second-order valence-electron chi connectivity index (χ2n) is 9.62. The fraction of sp³-hybridized carbons (Fsp3) is 0.720. The molecule has 0 aromatic heterocycles. The van der Waals surface area contributed by atoms with Crippen molar-refractivity contribution in [3.05, 3.63) is 35.9 Å². The summed E-state index contributed by atoms with van der Waals surface area (Å²) in [5.74, 6) is 0.131. The zero-order valence-electron chi connectivity index (χ0n) is 18.8. The van der Waals surface area contributed by atoms with E-state index in [9.17, 15) is 9.90 Å². The molecule has 0 bridgehead atoms. The van der Waals surface area contributed by atoms with Crippen LogP contribution in [0.3, 0.4) is 0 Å². The number of nitrogens with zero attached hydrogens (tertiary/aromatic N) is 2. The summed E-state index contributed by atoms with van der Waals surface area (Å²) < 4.78 is 5.52. The number of morpholine rings is 1. The molecule has 0 radical (unpaired) electrons. The highest BCUT2D eigenvalue weighted by Crippen LogP contribution is 2.39. The molecule has 31 heavy (non-hydrogen) atoms. The van der Waals surface area contributed by atoms with Gasteiger partial charge in [0.2, 0.25) is 5.91 Å². The molecule has 1 amide bonds. The predicted molar refractivity (Wildman–Crippen MR) is 122 cm³/mol. The first-order valence-corrected chi connectivity index (χ1v) is 12.2. The van der Waals surface area contributed by atoms with Crippen LogP contribution in [0, 0.1) is 0 Å². The van der Waals surface area contributed by atoms with E-state index in [2.05, 4.69) is 39.4 Å². The first kappa shape index (κ1) is 22.7. The van der Waals surface area contributed by atoms with Crippen molar-refractivity contribution in [2.75, 3.05) is 52.5 Å². The SMILES string of the molecule is O=C(CN1CCCCC1)NC[C@]1(c2ccccc2)CC[C@@H](O)[C@H](N2CCOCC2)CC1. The van der Waals surface area contributed by atoms with Gasteiger partial charge in [-0.05, 0) is 57.2 Å². The van der Waals surface area contributed by atoms with Gasteiger partial charge in [-0.1, -0.05) is 36.8 Å². The summed E-state index contributed by atoms with van der Waals surface area (Å²) in [6, 6.07) is 10.8. The molecule has 3 aliphatic rings. The van der Waals surface area contributed by atoms with E-state index in [1.54, 1.807) is 0 Å². The fourth-order valence-corrected chi connectivity index (χ4v) is 5.70. The van der Waals surface area contributed by atoms with E-state index < -0.39 is 0 Å². The quantitative estimate of drug-likeness (QED) is 0.679. The molecule has 2 N–H and O–H groups in total. The van der Waals surface area contributed by atoms with E-state index in [1.165, 1.54) is 24.8 Å². The number of nitrogens with one attached hydrogen (secondary N) is 1. The normalized spacial score (nSPS) is 31.1. The minimum absolute atomic E-state index is 0.124. The molecule has 3 fully saturated rings. The Morgan fingerprint density at radius 3 is 2.48 bits per heavy atom. The highest BCUT2D eigenvalue weighted by molar-refractivity contribution is 5.78. The number of aliphatic hydroxyl groups is 1. The van der Waals surface area contributed by atoms with Crippen LogP contribution < -0.4 is 5.32 Å². The molecule has 4 rings (SSSR count). The zero-order chi connectivity index (χ0) is 21.5. The van der Waals surface area contributed by atoms with E-state index in [4.69, 9.17) is 4.74 Å². The number of amides is 1. The van der Waals surface area contributed by atoms with Gasteiger partial charge >= 0.3 is 0 Å². The number of likely N-dealkylation sites (tertiary alicyclic amines) is 1. The van der Waals surface area contributed by atoms with Crippen molar-refractivity contribution in [2.24, 2.45) is 0 Å². The number of hydrogen-bond acceptors (Lipinski definition) is 5. The van der Waals surface area contributed by atoms with Crippen molar-refractivity contribution in [3.8, 4) is 0 Å². The van der Waals surface area contributed by atoms with Gasteiger partial charge in [-0.2, -0.15) is 0 Å². The zero-order valence-corrected chi connectivity index (χ0v) is 18.8. The minimum Gasteiger partial charge on any atom is -0.391 e. The number of piperidine rings is 1. The average molecular weight is 430 g/mol. The summed E-state index contributed by atoms with van der Waals surface area (Å²) in [6.45, 7) is 6.50. The summed E-state index contributed by atoms with van der Waals surface area (Å²) in [5.41, 5.74) is 1.16. The van der Waals surface area contributed by atoms with Crippen LogP contribution in [0.15, 0.2) is 30.3 Å². The molecule has 2 heterocycles. The van der Waals surface area contributed by atoms with Crippen LogP contribution >= 0.6 is 0 Å². The van der Waals surface area contributed by atoms with E-state index in [-0.39, 0.29) is 23.5 Å². The summed E-state index contributed by atoms with van der Waals surface area (Å²) in [7, 11) is 0. The highest BCUT2D eigenvalue weighted by atomic mass is 16.5. The maximum Gasteiger partial charge on any atom is 0.234 e. The van der Waals surface area contributed by atoms with Crippen molar-refractivity contribution in [3.63, 3.8) is 0 Å². The van der Waals surface area contributed by atoms with Crippen molar-refractivity contribution in [1.82, 2.24) is 15.1 Å². The Bertz CT molecular complexity index is 689. The maximum atomic E-state index is 12.8. The largest absolute Gasteiger partial charge is 0.391 e. The van der Waals surface area contributed by atoms with Crippen molar-refractivity contribution in [2.45, 2.75) is 62.5 Å². The number of carbonyl (C=O) groups excluding carboxylic acids is 1. The molecule has 0 spiro atoms. The molecule has 172 valence electrons. The van der Waals surface area contributed by atoms with Crippen LogP contribution in [-0.4, -0.2) is 85.4 Å². The standard InChI is InChI=1S/C25H39N3O3/c29-23-10-12-25(21-7-3-1-4-8-21,11-9-22(23)28-15-17-31-18-16-28)20-26-24(30)19-27-13-5-2-6-14-27/h1,3-4,7-8,22-23,29H,2,5-6,9-20H2,(H,26,30)/t22-,23-,25-/m1/s1. The summed E-state index contributed by atoms with van der Waals surface area (Å²) in [6.07, 6.45) is 6.92. The maximum absolute atomic E-state index is 12.8. The molecule has 2 saturated heterocycles. The highest BCUT2D eigenvalue weighted by Gasteiger charge is 2.40. The summed E-state index contributed by atoms with van der Waals surface area (Å²) in [5, 5.41) is 14.3. The lowest BCUT2D eigenvalue weighted by atomic mass is 9.74. The number of hydrogen-bond donors (Lipinski definition) is 2. The second kappa shape index (κ2) is 10.9. The summed E-state index contributed by atoms with van der Waals surface area (Å²) in [4.78, 5) is 17.4. The van der Waals surface area contributed by atoms with Crippen LogP contribution in [0.5, 0.6) is 0 Å². The van der Waals surface area contributed by atoms with Gasteiger partial charge in [0.15, 0.2) is 0 Å². The van der Waals surface area contributed by atoms with Crippen molar-refractivity contribution >= 4 is 5.91 Å². The molecule has 6 nitrogen and oxygen atoms in total. The Kier molecular flexibility index (Phi) is 7.99. The third kappa shape index (κ3) is 5.86. The molecular weight excluding hydrogens is 390 g/mol. The van der Waals surface area contributed by atoms with Crippen LogP contribution in [-0.2, 0) is 14.9 Å². The smallest absolute Gasteiger partial charge is 0.234 e. The second-order valence-corrected chi connectivity index (χ2v) is 9.62. The number of benzene rings is 1. The Hall–Kier alpha value is -1.47. The number of rotatable bonds is 6. The lowest BCUT2D eigenvalue weighted by Gasteiger charge is -2.37. The van der Waals surface area contributed by atoms with Gasteiger partial charge in [-0.15, -0.1) is 0 Å². The van der Waals surface area contributed by atoms with E-state index in [0.717, 1.165) is 65.1 Å². The fourth-order valence-electron chi connectivity index (χ4n) is 5.70. The topological polar surface area (TPSA) is 65.0 Å². The molecule has 1 aliphatic carbocycles. The molecule has 1 saturated carbocycles. The first-order valence-electron chi connectivity index (χ1n) is 12.2. The Morgan fingerprint density at radius 1 is 1.03 bits per heavy atom. The third-order valence-corrected chi connectivity index (χ3v) is 7.62. The lowest BCUT2D eigenvalue weighted by Crippen LogP contribution is -2.48. The number of carbonyl (C=O) groups is 1. The van der Waals surface area contributed by atoms with Gasteiger partial charge in [-0.25, -0.2) is 0 Å². The number of aliphatic hydroxyl groups excluding tert-OH is 1. The van der Waals surface area contributed by atoms with E-state index in [0.29, 0.717) is 13.1 Å². The van der Waals surface area contributed by atoms with Gasteiger partial charge in [-0.3, -0.25) is 14.6 Å². The van der Waals surface area contributed by atoms with E-state index >= 15 is 0 Å². The minimum atomic E-state index is -0.326. The molecule has 2 aliphatic heterocycles. The van der Waals surface area contributed by atoms with Gasteiger partial charge < -0.3 is 15.2 Å². The first-order chi connectivity index (χ1) is 15.2.